The predicted molar refractivity (Wildman–Crippen MR) is 70.7 cm³/mol. The molecule has 0 heterocycles. The maximum atomic E-state index is 13.1. The SMILES string of the molecule is COCC(C)(CC(=O)O)NC(=O)Cc1ccc(F)c(F)c1. The Morgan fingerprint density at radius 1 is 1.33 bits per heavy atom. The summed E-state index contributed by atoms with van der Waals surface area (Å²) in [6, 6.07) is 3.16. The summed E-state index contributed by atoms with van der Waals surface area (Å²) >= 11 is 0. The van der Waals surface area contributed by atoms with Gasteiger partial charge in [0.2, 0.25) is 5.91 Å². The van der Waals surface area contributed by atoms with Gasteiger partial charge in [-0.2, -0.15) is 0 Å². The highest BCUT2D eigenvalue weighted by Crippen LogP contribution is 2.13. The Hall–Kier alpha value is -2.02. The Labute approximate surface area is 120 Å². The van der Waals surface area contributed by atoms with E-state index in [4.69, 9.17) is 9.84 Å². The zero-order valence-corrected chi connectivity index (χ0v) is 11.8. The Kier molecular flexibility index (Phi) is 5.78. The number of rotatable bonds is 7. The van der Waals surface area contributed by atoms with Gasteiger partial charge in [0.15, 0.2) is 11.6 Å². The van der Waals surface area contributed by atoms with Crippen LogP contribution in [-0.4, -0.2) is 36.2 Å². The Morgan fingerprint density at radius 2 is 2.00 bits per heavy atom. The van der Waals surface area contributed by atoms with E-state index < -0.39 is 29.0 Å². The van der Waals surface area contributed by atoms with E-state index in [1.165, 1.54) is 20.1 Å². The summed E-state index contributed by atoms with van der Waals surface area (Å²) < 4.78 is 30.8. The fourth-order valence-corrected chi connectivity index (χ4v) is 2.00. The van der Waals surface area contributed by atoms with Crippen molar-refractivity contribution in [3.05, 3.63) is 35.4 Å². The van der Waals surface area contributed by atoms with Gasteiger partial charge in [0.05, 0.1) is 25.0 Å². The lowest BCUT2D eigenvalue weighted by molar-refractivity contribution is -0.139. The lowest BCUT2D eigenvalue weighted by Gasteiger charge is -2.28. The van der Waals surface area contributed by atoms with Gasteiger partial charge in [0.25, 0.3) is 0 Å². The molecule has 0 aromatic heterocycles. The van der Waals surface area contributed by atoms with Gasteiger partial charge >= 0.3 is 5.97 Å². The molecule has 1 aromatic rings. The van der Waals surface area contributed by atoms with Gasteiger partial charge in [-0.15, -0.1) is 0 Å². The van der Waals surface area contributed by atoms with Crippen LogP contribution in [0.4, 0.5) is 8.78 Å². The molecule has 0 fully saturated rings. The lowest BCUT2D eigenvalue weighted by atomic mass is 9.98. The normalized spacial score (nSPS) is 13.5. The summed E-state index contributed by atoms with van der Waals surface area (Å²) in [4.78, 5) is 22.7. The first kappa shape index (κ1) is 17.0. The summed E-state index contributed by atoms with van der Waals surface area (Å²) in [5.74, 6) is -3.61. The van der Waals surface area contributed by atoms with E-state index in [0.717, 1.165) is 12.1 Å². The number of aliphatic carboxylic acids is 1. The second-order valence-corrected chi connectivity index (χ2v) is 5.04. The first-order chi connectivity index (χ1) is 9.75. The minimum absolute atomic E-state index is 0.0167. The van der Waals surface area contributed by atoms with E-state index in [1.807, 2.05) is 0 Å². The second-order valence-electron chi connectivity index (χ2n) is 5.04. The molecule has 0 aliphatic rings. The maximum absolute atomic E-state index is 13.1. The molecule has 1 atom stereocenters. The molecule has 5 nitrogen and oxygen atoms in total. The third kappa shape index (κ3) is 5.47. The lowest BCUT2D eigenvalue weighted by Crippen LogP contribution is -2.51. The molecular weight excluding hydrogens is 284 g/mol. The Balaban J connectivity index is 2.73. The molecule has 0 radical (unpaired) electrons. The smallest absolute Gasteiger partial charge is 0.305 e. The van der Waals surface area contributed by atoms with E-state index in [1.54, 1.807) is 0 Å². The molecule has 0 saturated carbocycles. The minimum atomic E-state index is -1.08. The van der Waals surface area contributed by atoms with Gasteiger partial charge in [-0.05, 0) is 24.6 Å². The number of nitrogens with one attached hydrogen (secondary N) is 1. The van der Waals surface area contributed by atoms with E-state index in [0.29, 0.717) is 5.56 Å². The third-order valence-corrected chi connectivity index (χ3v) is 2.79. The fraction of sp³-hybridized carbons (Fsp3) is 0.429. The summed E-state index contributed by atoms with van der Waals surface area (Å²) in [7, 11) is 1.39. The zero-order valence-electron chi connectivity index (χ0n) is 11.8. The highest BCUT2D eigenvalue weighted by Gasteiger charge is 2.29. The summed E-state index contributed by atoms with van der Waals surface area (Å²) in [5.41, 5.74) is -0.780. The van der Waals surface area contributed by atoms with Crippen LogP contribution in [0.1, 0.15) is 18.9 Å². The van der Waals surface area contributed by atoms with Gasteiger partial charge in [0, 0.05) is 7.11 Å². The molecule has 1 aromatic carbocycles. The molecular formula is C14H17F2NO4. The number of carbonyl (C=O) groups excluding carboxylic acids is 1. The van der Waals surface area contributed by atoms with Gasteiger partial charge < -0.3 is 15.2 Å². The number of methoxy groups -OCH3 is 1. The topological polar surface area (TPSA) is 75.6 Å². The molecule has 1 rings (SSSR count). The third-order valence-electron chi connectivity index (χ3n) is 2.79. The van der Waals surface area contributed by atoms with E-state index in [-0.39, 0.29) is 19.4 Å². The second kappa shape index (κ2) is 7.12. The van der Waals surface area contributed by atoms with Gasteiger partial charge in [-0.1, -0.05) is 6.07 Å². The number of benzene rings is 1. The van der Waals surface area contributed by atoms with Crippen molar-refractivity contribution in [2.45, 2.75) is 25.3 Å². The van der Waals surface area contributed by atoms with Crippen molar-refractivity contribution >= 4 is 11.9 Å². The van der Waals surface area contributed by atoms with Crippen LogP contribution in [0.3, 0.4) is 0 Å². The quantitative estimate of drug-likeness (QED) is 0.800. The van der Waals surface area contributed by atoms with Crippen LogP contribution in [0.5, 0.6) is 0 Å². The molecule has 0 spiro atoms. The molecule has 1 unspecified atom stereocenters. The maximum Gasteiger partial charge on any atom is 0.305 e. The average molecular weight is 301 g/mol. The summed E-state index contributed by atoms with van der Waals surface area (Å²) in [6.45, 7) is 1.55. The monoisotopic (exact) mass is 301 g/mol. The van der Waals surface area contributed by atoms with Crippen LogP contribution in [0.2, 0.25) is 0 Å². The molecule has 0 aliphatic carbocycles. The molecule has 21 heavy (non-hydrogen) atoms. The van der Waals surface area contributed by atoms with Crippen molar-refractivity contribution in [1.82, 2.24) is 5.32 Å². The van der Waals surface area contributed by atoms with Gasteiger partial charge in [0.1, 0.15) is 0 Å². The Bertz CT molecular complexity index is 536. The van der Waals surface area contributed by atoms with E-state index in [9.17, 15) is 18.4 Å². The van der Waals surface area contributed by atoms with Crippen LogP contribution >= 0.6 is 0 Å². The number of hydrogen-bond acceptors (Lipinski definition) is 3. The number of hydrogen-bond donors (Lipinski definition) is 2. The van der Waals surface area contributed by atoms with E-state index in [2.05, 4.69) is 5.32 Å². The van der Waals surface area contributed by atoms with Crippen molar-refractivity contribution < 1.29 is 28.2 Å². The summed E-state index contributed by atoms with van der Waals surface area (Å²) in [6.07, 6.45) is -0.500. The number of carbonyl (C=O) groups is 2. The van der Waals surface area contributed by atoms with Crippen molar-refractivity contribution in [1.29, 1.82) is 0 Å². The highest BCUT2D eigenvalue weighted by atomic mass is 19.2. The number of carboxylic acids is 1. The zero-order chi connectivity index (χ0) is 16.0. The minimum Gasteiger partial charge on any atom is -0.481 e. The molecule has 2 N–H and O–H groups in total. The van der Waals surface area contributed by atoms with Crippen LogP contribution in [-0.2, 0) is 20.7 Å². The van der Waals surface area contributed by atoms with Crippen molar-refractivity contribution in [3.63, 3.8) is 0 Å². The number of carboxylic acid groups (broad SMARTS) is 1. The molecule has 0 aliphatic heterocycles. The van der Waals surface area contributed by atoms with Crippen LogP contribution in [0.25, 0.3) is 0 Å². The number of ether oxygens (including phenoxy) is 1. The highest BCUT2D eigenvalue weighted by molar-refractivity contribution is 5.80. The van der Waals surface area contributed by atoms with Crippen LogP contribution in [0.15, 0.2) is 18.2 Å². The summed E-state index contributed by atoms with van der Waals surface area (Å²) in [5, 5.41) is 11.4. The van der Waals surface area contributed by atoms with Crippen LogP contribution in [0, 0.1) is 11.6 Å². The number of halogens is 2. The van der Waals surface area contributed by atoms with Gasteiger partial charge in [-0.25, -0.2) is 8.78 Å². The van der Waals surface area contributed by atoms with Crippen molar-refractivity contribution in [3.8, 4) is 0 Å². The first-order valence-electron chi connectivity index (χ1n) is 6.21. The standard InChI is InChI=1S/C14H17F2NO4/c1-14(8-21-2,7-13(19)20)17-12(18)6-9-3-4-10(15)11(16)5-9/h3-5H,6-8H2,1-2H3,(H,17,18)(H,19,20). The van der Waals surface area contributed by atoms with Crippen molar-refractivity contribution in [2.24, 2.45) is 0 Å². The number of amides is 1. The first-order valence-corrected chi connectivity index (χ1v) is 6.21. The predicted octanol–water partition coefficient (Wildman–Crippen LogP) is 1.50. The van der Waals surface area contributed by atoms with Crippen LogP contribution < -0.4 is 5.32 Å². The molecule has 0 bridgehead atoms. The molecule has 116 valence electrons. The molecule has 1 amide bonds. The molecule has 0 saturated heterocycles. The van der Waals surface area contributed by atoms with Gasteiger partial charge in [-0.3, -0.25) is 9.59 Å². The average Bonchev–Trinajstić information content (AvgIpc) is 2.32. The molecule has 7 heteroatoms. The Morgan fingerprint density at radius 3 is 2.52 bits per heavy atom. The van der Waals surface area contributed by atoms with E-state index >= 15 is 0 Å². The van der Waals surface area contributed by atoms with Crippen molar-refractivity contribution in [2.75, 3.05) is 13.7 Å². The largest absolute Gasteiger partial charge is 0.481 e. The fourth-order valence-electron chi connectivity index (χ4n) is 2.00.